The van der Waals surface area contributed by atoms with Gasteiger partial charge in [0.1, 0.15) is 5.69 Å². The molecule has 0 fully saturated rings. The van der Waals surface area contributed by atoms with Gasteiger partial charge in [0.2, 0.25) is 0 Å². The highest BCUT2D eigenvalue weighted by Gasteiger charge is 2.13. The van der Waals surface area contributed by atoms with Crippen molar-refractivity contribution in [2.24, 2.45) is 0 Å². The predicted octanol–water partition coefficient (Wildman–Crippen LogP) is 1.31. The van der Waals surface area contributed by atoms with Crippen molar-refractivity contribution in [2.75, 3.05) is 13.1 Å². The molecular formula is C10H14N2O2. The largest absolute Gasteiger partial charge is 0.356 e. The van der Waals surface area contributed by atoms with Crippen LogP contribution in [-0.4, -0.2) is 35.2 Å². The van der Waals surface area contributed by atoms with Crippen LogP contribution in [0.1, 0.15) is 34.7 Å². The molecule has 1 rings (SSSR count). The standard InChI is InChI=1S/C10H14N2O2/c1-3-12(4-2)10(14)9-5-8(7-13)6-11-9/h5-7,11H,3-4H2,1-2H3. The molecule has 0 aromatic carbocycles. The first-order valence-electron chi connectivity index (χ1n) is 4.65. The number of amides is 1. The van der Waals surface area contributed by atoms with Crippen LogP contribution in [-0.2, 0) is 0 Å². The molecule has 1 amide bonds. The summed E-state index contributed by atoms with van der Waals surface area (Å²) >= 11 is 0. The lowest BCUT2D eigenvalue weighted by molar-refractivity contribution is 0.0768. The zero-order chi connectivity index (χ0) is 10.6. The highest BCUT2D eigenvalue weighted by molar-refractivity contribution is 5.94. The number of H-pyrrole nitrogens is 1. The first kappa shape index (κ1) is 10.5. The van der Waals surface area contributed by atoms with Crippen molar-refractivity contribution in [1.29, 1.82) is 0 Å². The van der Waals surface area contributed by atoms with Gasteiger partial charge in [-0.15, -0.1) is 0 Å². The SMILES string of the molecule is CCN(CC)C(=O)c1cc(C=O)c[nH]1. The second-order valence-electron chi connectivity index (χ2n) is 2.94. The van der Waals surface area contributed by atoms with Crippen LogP contribution in [0.5, 0.6) is 0 Å². The van der Waals surface area contributed by atoms with Crippen LogP contribution in [0.15, 0.2) is 12.3 Å². The fourth-order valence-electron chi connectivity index (χ4n) is 1.28. The van der Waals surface area contributed by atoms with E-state index in [-0.39, 0.29) is 5.91 Å². The molecule has 0 unspecified atom stereocenters. The zero-order valence-electron chi connectivity index (χ0n) is 8.41. The summed E-state index contributed by atoms with van der Waals surface area (Å²) in [6, 6.07) is 1.56. The summed E-state index contributed by atoms with van der Waals surface area (Å²) in [5, 5.41) is 0. The van der Waals surface area contributed by atoms with Gasteiger partial charge in [-0.05, 0) is 19.9 Å². The second-order valence-corrected chi connectivity index (χ2v) is 2.94. The van der Waals surface area contributed by atoms with Gasteiger partial charge < -0.3 is 9.88 Å². The van der Waals surface area contributed by atoms with E-state index in [9.17, 15) is 9.59 Å². The number of nitrogens with zero attached hydrogens (tertiary/aromatic N) is 1. The average Bonchev–Trinajstić information content (AvgIpc) is 2.67. The topological polar surface area (TPSA) is 53.2 Å². The molecule has 0 aliphatic carbocycles. The molecule has 4 heteroatoms. The van der Waals surface area contributed by atoms with Gasteiger partial charge in [0.25, 0.3) is 5.91 Å². The highest BCUT2D eigenvalue weighted by atomic mass is 16.2. The van der Waals surface area contributed by atoms with Gasteiger partial charge in [0, 0.05) is 24.8 Å². The molecule has 0 aliphatic rings. The Hall–Kier alpha value is -1.58. The van der Waals surface area contributed by atoms with E-state index in [0.29, 0.717) is 24.3 Å². The zero-order valence-corrected chi connectivity index (χ0v) is 8.41. The summed E-state index contributed by atoms with van der Waals surface area (Å²) in [6.45, 7) is 5.19. The Bertz CT molecular complexity index is 327. The first-order chi connectivity index (χ1) is 6.72. The number of nitrogens with one attached hydrogen (secondary N) is 1. The Balaban J connectivity index is 2.82. The normalized spacial score (nSPS) is 9.86. The minimum atomic E-state index is -0.0666. The Morgan fingerprint density at radius 3 is 2.57 bits per heavy atom. The van der Waals surface area contributed by atoms with Gasteiger partial charge in [-0.2, -0.15) is 0 Å². The van der Waals surface area contributed by atoms with E-state index in [4.69, 9.17) is 0 Å². The summed E-state index contributed by atoms with van der Waals surface area (Å²) in [6.07, 6.45) is 2.25. The van der Waals surface area contributed by atoms with E-state index in [1.54, 1.807) is 11.0 Å². The fraction of sp³-hybridized carbons (Fsp3) is 0.400. The van der Waals surface area contributed by atoms with Gasteiger partial charge in [-0.25, -0.2) is 0 Å². The molecule has 0 spiro atoms. The number of hydrogen-bond donors (Lipinski definition) is 1. The molecule has 1 N–H and O–H groups in total. The van der Waals surface area contributed by atoms with E-state index in [1.807, 2.05) is 13.8 Å². The number of rotatable bonds is 4. The minimum Gasteiger partial charge on any atom is -0.356 e. The second kappa shape index (κ2) is 4.60. The van der Waals surface area contributed by atoms with E-state index in [2.05, 4.69) is 4.98 Å². The number of aromatic nitrogens is 1. The summed E-state index contributed by atoms with van der Waals surface area (Å²) in [4.78, 5) is 26.6. The minimum absolute atomic E-state index is 0.0666. The van der Waals surface area contributed by atoms with Crippen molar-refractivity contribution in [2.45, 2.75) is 13.8 Å². The number of carbonyl (C=O) groups is 2. The van der Waals surface area contributed by atoms with E-state index < -0.39 is 0 Å². The van der Waals surface area contributed by atoms with Crippen LogP contribution in [0.4, 0.5) is 0 Å². The van der Waals surface area contributed by atoms with Crippen molar-refractivity contribution in [3.05, 3.63) is 23.5 Å². The molecule has 14 heavy (non-hydrogen) atoms. The summed E-state index contributed by atoms with van der Waals surface area (Å²) in [7, 11) is 0. The summed E-state index contributed by atoms with van der Waals surface area (Å²) in [5.41, 5.74) is 0.969. The number of aldehydes is 1. The van der Waals surface area contributed by atoms with Crippen LogP contribution >= 0.6 is 0 Å². The lowest BCUT2D eigenvalue weighted by atomic mass is 10.3. The van der Waals surface area contributed by atoms with Gasteiger partial charge >= 0.3 is 0 Å². The van der Waals surface area contributed by atoms with Crippen molar-refractivity contribution < 1.29 is 9.59 Å². The number of carbonyl (C=O) groups excluding carboxylic acids is 2. The quantitative estimate of drug-likeness (QED) is 0.735. The van der Waals surface area contributed by atoms with Crippen LogP contribution in [0.25, 0.3) is 0 Å². The monoisotopic (exact) mass is 194 g/mol. The third-order valence-corrected chi connectivity index (χ3v) is 2.12. The predicted molar refractivity (Wildman–Crippen MR) is 53.4 cm³/mol. The smallest absolute Gasteiger partial charge is 0.270 e. The summed E-state index contributed by atoms with van der Waals surface area (Å²) < 4.78 is 0. The Kier molecular flexibility index (Phi) is 3.45. The highest BCUT2D eigenvalue weighted by Crippen LogP contribution is 2.04. The molecule has 1 aromatic rings. The first-order valence-corrected chi connectivity index (χ1v) is 4.65. The van der Waals surface area contributed by atoms with Crippen LogP contribution in [0.3, 0.4) is 0 Å². The number of aromatic amines is 1. The maximum absolute atomic E-state index is 11.7. The Morgan fingerprint density at radius 1 is 1.50 bits per heavy atom. The third-order valence-electron chi connectivity index (χ3n) is 2.12. The maximum Gasteiger partial charge on any atom is 0.270 e. The van der Waals surface area contributed by atoms with Gasteiger partial charge in [0.15, 0.2) is 6.29 Å². The lowest BCUT2D eigenvalue weighted by Gasteiger charge is -2.17. The molecule has 1 aromatic heterocycles. The van der Waals surface area contributed by atoms with E-state index >= 15 is 0 Å². The third kappa shape index (κ3) is 2.02. The molecule has 1 heterocycles. The van der Waals surface area contributed by atoms with Crippen molar-refractivity contribution >= 4 is 12.2 Å². The number of hydrogen-bond acceptors (Lipinski definition) is 2. The molecule has 0 atom stereocenters. The molecule has 0 aliphatic heterocycles. The molecule has 0 saturated carbocycles. The van der Waals surface area contributed by atoms with E-state index in [0.717, 1.165) is 6.29 Å². The van der Waals surface area contributed by atoms with Gasteiger partial charge in [0.05, 0.1) is 0 Å². The van der Waals surface area contributed by atoms with Gasteiger partial charge in [-0.3, -0.25) is 9.59 Å². The molecule has 0 bridgehead atoms. The Labute approximate surface area is 82.9 Å². The molecular weight excluding hydrogens is 180 g/mol. The maximum atomic E-state index is 11.7. The average molecular weight is 194 g/mol. The van der Waals surface area contributed by atoms with Crippen molar-refractivity contribution in [3.8, 4) is 0 Å². The Morgan fingerprint density at radius 2 is 2.14 bits per heavy atom. The molecule has 76 valence electrons. The van der Waals surface area contributed by atoms with Crippen molar-refractivity contribution in [3.63, 3.8) is 0 Å². The van der Waals surface area contributed by atoms with Crippen molar-refractivity contribution in [1.82, 2.24) is 9.88 Å². The van der Waals surface area contributed by atoms with Crippen LogP contribution in [0, 0.1) is 0 Å². The molecule has 0 saturated heterocycles. The lowest BCUT2D eigenvalue weighted by Crippen LogP contribution is -2.30. The van der Waals surface area contributed by atoms with Gasteiger partial charge in [-0.1, -0.05) is 0 Å². The van der Waals surface area contributed by atoms with Crippen LogP contribution < -0.4 is 0 Å². The molecule has 0 radical (unpaired) electrons. The van der Waals surface area contributed by atoms with Crippen LogP contribution in [0.2, 0.25) is 0 Å². The fourth-order valence-corrected chi connectivity index (χ4v) is 1.28. The van der Waals surface area contributed by atoms with E-state index in [1.165, 1.54) is 6.20 Å². The molecule has 4 nitrogen and oxygen atoms in total. The summed E-state index contributed by atoms with van der Waals surface area (Å²) in [5.74, 6) is -0.0666.